The molecule has 2 aromatic heterocycles. The highest BCUT2D eigenvalue weighted by atomic mass is 35.5. The van der Waals surface area contributed by atoms with Crippen molar-refractivity contribution in [3.05, 3.63) is 17.4 Å². The SMILES string of the molecule is COC(=O)C1CC(=O)N(c2nc(Cl)c3cc[nH]c3n2)C1. The Morgan fingerprint density at radius 2 is 2.35 bits per heavy atom. The van der Waals surface area contributed by atoms with E-state index in [1.165, 1.54) is 12.0 Å². The fourth-order valence-electron chi connectivity index (χ4n) is 2.24. The molecule has 3 heterocycles. The van der Waals surface area contributed by atoms with Gasteiger partial charge in [-0.3, -0.25) is 14.5 Å². The first kappa shape index (κ1) is 12.9. The van der Waals surface area contributed by atoms with Crippen molar-refractivity contribution in [2.45, 2.75) is 6.42 Å². The summed E-state index contributed by atoms with van der Waals surface area (Å²) in [6.45, 7) is 0.202. The van der Waals surface area contributed by atoms with E-state index >= 15 is 0 Å². The van der Waals surface area contributed by atoms with Crippen molar-refractivity contribution < 1.29 is 14.3 Å². The molecule has 1 amide bonds. The van der Waals surface area contributed by atoms with Gasteiger partial charge in [0, 0.05) is 19.2 Å². The number of hydrogen-bond donors (Lipinski definition) is 1. The number of carbonyl (C=O) groups excluding carboxylic acids is 2. The molecule has 2 aromatic rings. The zero-order valence-corrected chi connectivity index (χ0v) is 11.3. The number of ether oxygens (including phenoxy) is 1. The summed E-state index contributed by atoms with van der Waals surface area (Å²) in [7, 11) is 1.30. The third-order valence-corrected chi connectivity index (χ3v) is 3.55. The number of H-pyrrole nitrogens is 1. The van der Waals surface area contributed by atoms with Gasteiger partial charge in [-0.15, -0.1) is 0 Å². The fraction of sp³-hybridized carbons (Fsp3) is 0.333. The van der Waals surface area contributed by atoms with E-state index in [0.717, 1.165) is 0 Å². The number of nitrogens with one attached hydrogen (secondary N) is 1. The van der Waals surface area contributed by atoms with Crippen molar-refractivity contribution in [1.29, 1.82) is 0 Å². The number of esters is 1. The topological polar surface area (TPSA) is 88.2 Å². The van der Waals surface area contributed by atoms with Crippen molar-refractivity contribution in [3.63, 3.8) is 0 Å². The van der Waals surface area contributed by atoms with E-state index in [2.05, 4.69) is 19.7 Å². The maximum Gasteiger partial charge on any atom is 0.311 e. The van der Waals surface area contributed by atoms with Crippen LogP contribution < -0.4 is 4.90 Å². The van der Waals surface area contributed by atoms with Crippen molar-refractivity contribution in [2.24, 2.45) is 5.92 Å². The number of methoxy groups -OCH3 is 1. The van der Waals surface area contributed by atoms with Crippen molar-refractivity contribution in [2.75, 3.05) is 18.6 Å². The van der Waals surface area contributed by atoms with Gasteiger partial charge in [-0.2, -0.15) is 9.97 Å². The molecule has 8 heteroatoms. The van der Waals surface area contributed by atoms with Crippen molar-refractivity contribution in [3.8, 4) is 0 Å². The number of rotatable bonds is 2. The zero-order valence-electron chi connectivity index (χ0n) is 10.6. The summed E-state index contributed by atoms with van der Waals surface area (Å²) in [5.74, 6) is -0.925. The van der Waals surface area contributed by atoms with Crippen LogP contribution in [0.5, 0.6) is 0 Å². The number of aromatic amines is 1. The van der Waals surface area contributed by atoms with Crippen LogP contribution in [0.4, 0.5) is 5.95 Å². The number of carbonyl (C=O) groups is 2. The molecule has 20 heavy (non-hydrogen) atoms. The van der Waals surface area contributed by atoms with Crippen molar-refractivity contribution in [1.82, 2.24) is 15.0 Å². The summed E-state index contributed by atoms with van der Waals surface area (Å²) in [6, 6.07) is 1.75. The van der Waals surface area contributed by atoms with Crippen LogP contribution >= 0.6 is 11.6 Å². The molecule has 0 bridgehead atoms. The minimum atomic E-state index is -0.491. The van der Waals surface area contributed by atoms with Gasteiger partial charge in [0.1, 0.15) is 10.8 Å². The van der Waals surface area contributed by atoms with Gasteiger partial charge in [-0.25, -0.2) is 0 Å². The van der Waals surface area contributed by atoms with Gasteiger partial charge in [0.15, 0.2) is 0 Å². The Morgan fingerprint density at radius 1 is 1.55 bits per heavy atom. The van der Waals surface area contributed by atoms with Crippen molar-refractivity contribution >= 4 is 40.5 Å². The summed E-state index contributed by atoms with van der Waals surface area (Å²) in [5, 5.41) is 0.951. The molecule has 1 unspecified atom stereocenters. The molecule has 0 spiro atoms. The molecule has 104 valence electrons. The molecule has 1 fully saturated rings. The van der Waals surface area contributed by atoms with E-state index in [0.29, 0.717) is 11.0 Å². The Labute approximate surface area is 118 Å². The Hall–Kier alpha value is -2.15. The summed E-state index contributed by atoms with van der Waals surface area (Å²) in [4.78, 5) is 36.1. The predicted molar refractivity (Wildman–Crippen MR) is 71.4 cm³/mol. The number of nitrogens with zero attached hydrogens (tertiary/aromatic N) is 3. The maximum atomic E-state index is 12.0. The molecule has 0 radical (unpaired) electrons. The van der Waals surface area contributed by atoms with Gasteiger partial charge >= 0.3 is 5.97 Å². The first-order valence-corrected chi connectivity index (χ1v) is 6.36. The molecular weight excluding hydrogens is 284 g/mol. The lowest BCUT2D eigenvalue weighted by atomic mass is 10.1. The van der Waals surface area contributed by atoms with Crippen LogP contribution in [-0.2, 0) is 14.3 Å². The average molecular weight is 295 g/mol. The highest BCUT2D eigenvalue weighted by Crippen LogP contribution is 2.27. The lowest BCUT2D eigenvalue weighted by molar-refractivity contribution is -0.145. The number of aromatic nitrogens is 3. The largest absolute Gasteiger partial charge is 0.469 e. The standard InChI is InChI=1S/C12H11ClN4O3/c1-20-11(19)6-4-8(18)17(5-6)12-15-9(13)7-2-3-14-10(7)16-12/h2-3,6H,4-5H2,1H3,(H,14,15,16). The molecule has 0 aromatic carbocycles. The smallest absolute Gasteiger partial charge is 0.311 e. The monoisotopic (exact) mass is 294 g/mol. The van der Waals surface area contributed by atoms with E-state index in [1.54, 1.807) is 12.3 Å². The van der Waals surface area contributed by atoms with Crippen LogP contribution in [0.1, 0.15) is 6.42 Å². The highest BCUT2D eigenvalue weighted by molar-refractivity contribution is 6.34. The van der Waals surface area contributed by atoms with E-state index in [-0.39, 0.29) is 30.0 Å². The molecule has 3 rings (SSSR count). The zero-order chi connectivity index (χ0) is 14.3. The summed E-state index contributed by atoms with van der Waals surface area (Å²) < 4.78 is 4.66. The van der Waals surface area contributed by atoms with E-state index in [9.17, 15) is 9.59 Å². The molecule has 1 atom stereocenters. The Morgan fingerprint density at radius 3 is 3.10 bits per heavy atom. The maximum absolute atomic E-state index is 12.0. The highest BCUT2D eigenvalue weighted by Gasteiger charge is 2.37. The van der Waals surface area contributed by atoms with Gasteiger partial charge in [0.2, 0.25) is 11.9 Å². The fourth-order valence-corrected chi connectivity index (χ4v) is 2.47. The van der Waals surface area contributed by atoms with Gasteiger partial charge < -0.3 is 9.72 Å². The van der Waals surface area contributed by atoms with Gasteiger partial charge in [-0.1, -0.05) is 11.6 Å². The van der Waals surface area contributed by atoms with Crippen LogP contribution in [-0.4, -0.2) is 40.5 Å². The van der Waals surface area contributed by atoms with E-state index < -0.39 is 11.9 Å². The first-order valence-electron chi connectivity index (χ1n) is 5.99. The van der Waals surface area contributed by atoms with Crippen LogP contribution in [0.3, 0.4) is 0 Å². The molecule has 0 aliphatic carbocycles. The number of anilines is 1. The Balaban J connectivity index is 1.95. The second kappa shape index (κ2) is 4.75. The second-order valence-corrected chi connectivity index (χ2v) is 4.84. The number of halogens is 1. The van der Waals surface area contributed by atoms with Crippen LogP contribution in [0.25, 0.3) is 11.0 Å². The van der Waals surface area contributed by atoms with Crippen LogP contribution in [0.15, 0.2) is 12.3 Å². The van der Waals surface area contributed by atoms with E-state index in [4.69, 9.17) is 11.6 Å². The van der Waals surface area contributed by atoms with Crippen LogP contribution in [0, 0.1) is 5.92 Å². The van der Waals surface area contributed by atoms with Gasteiger partial charge in [0.05, 0.1) is 18.4 Å². The predicted octanol–water partition coefficient (Wildman–Crippen LogP) is 1.14. The summed E-state index contributed by atoms with van der Waals surface area (Å²) in [5.41, 5.74) is 0.550. The normalized spacial score (nSPS) is 18.8. The molecule has 7 nitrogen and oxygen atoms in total. The Bertz CT molecular complexity index is 699. The minimum absolute atomic E-state index is 0.0937. The quantitative estimate of drug-likeness (QED) is 0.663. The first-order chi connectivity index (χ1) is 9.60. The van der Waals surface area contributed by atoms with Gasteiger partial charge in [-0.05, 0) is 6.07 Å². The second-order valence-electron chi connectivity index (χ2n) is 4.48. The lowest BCUT2D eigenvalue weighted by Gasteiger charge is -2.14. The molecular formula is C12H11ClN4O3. The Kier molecular flexibility index (Phi) is 3.06. The lowest BCUT2D eigenvalue weighted by Crippen LogP contribution is -2.28. The molecule has 1 aliphatic rings. The number of amides is 1. The molecule has 0 saturated carbocycles. The molecule has 1 saturated heterocycles. The number of fused-ring (bicyclic) bond motifs is 1. The summed E-state index contributed by atoms with van der Waals surface area (Å²) >= 11 is 6.06. The molecule has 1 N–H and O–H groups in total. The third kappa shape index (κ3) is 2.00. The van der Waals surface area contributed by atoms with E-state index in [1.807, 2.05) is 0 Å². The average Bonchev–Trinajstić information content (AvgIpc) is 3.04. The van der Waals surface area contributed by atoms with Gasteiger partial charge in [0.25, 0.3) is 0 Å². The minimum Gasteiger partial charge on any atom is -0.469 e. The number of hydrogen-bond acceptors (Lipinski definition) is 5. The molecule has 1 aliphatic heterocycles. The van der Waals surface area contributed by atoms with Crippen LogP contribution in [0.2, 0.25) is 5.15 Å². The third-order valence-electron chi connectivity index (χ3n) is 3.26. The summed E-state index contributed by atoms with van der Waals surface area (Å²) in [6.07, 6.45) is 1.79.